The van der Waals surface area contributed by atoms with E-state index in [1.165, 1.54) is 29.9 Å². The number of carbonyl (C=O) groups is 1. The van der Waals surface area contributed by atoms with Crippen LogP contribution in [0, 0.1) is 0 Å². The van der Waals surface area contributed by atoms with E-state index in [0.29, 0.717) is 5.69 Å². The number of nitrogens with zero attached hydrogens (tertiary/aromatic N) is 1. The van der Waals surface area contributed by atoms with Crippen LogP contribution in [0.15, 0.2) is 40.6 Å². The van der Waals surface area contributed by atoms with Gasteiger partial charge in [-0.25, -0.2) is 13.4 Å². The van der Waals surface area contributed by atoms with Crippen LogP contribution < -0.4 is 10.0 Å². The summed E-state index contributed by atoms with van der Waals surface area (Å²) in [6.07, 6.45) is 5.79. The molecule has 0 spiro atoms. The van der Waals surface area contributed by atoms with Crippen LogP contribution in [0.1, 0.15) is 37.8 Å². The molecule has 1 aromatic heterocycles. The van der Waals surface area contributed by atoms with Crippen LogP contribution in [0.2, 0.25) is 0 Å². The lowest BCUT2D eigenvalue weighted by atomic mass is 9.95. The summed E-state index contributed by atoms with van der Waals surface area (Å²) in [5.74, 6) is -0.0605. The standard InChI is InChI=1S/C17H21N3O3S2/c21-16(18-13-7-3-1-4-8-13)11-14-12-24-17(19-14)20-25(22,23)15-9-5-2-6-10-15/h2,5-6,9-10,12-13H,1,3-4,7-8,11H2,(H,18,21)(H,19,20). The monoisotopic (exact) mass is 379 g/mol. The zero-order valence-electron chi connectivity index (χ0n) is 13.8. The number of carbonyl (C=O) groups excluding carboxylic acids is 1. The lowest BCUT2D eigenvalue weighted by molar-refractivity contribution is -0.121. The number of nitrogens with one attached hydrogen (secondary N) is 2. The van der Waals surface area contributed by atoms with Crippen molar-refractivity contribution in [2.45, 2.75) is 49.5 Å². The molecule has 0 saturated heterocycles. The quantitative estimate of drug-likeness (QED) is 0.808. The SMILES string of the molecule is O=C(Cc1csc(NS(=O)(=O)c2ccccc2)n1)NC1CCCCC1. The van der Waals surface area contributed by atoms with E-state index in [9.17, 15) is 13.2 Å². The van der Waals surface area contributed by atoms with E-state index in [1.54, 1.807) is 23.6 Å². The Balaban J connectivity index is 1.58. The molecule has 1 saturated carbocycles. The maximum Gasteiger partial charge on any atom is 0.263 e. The molecule has 2 N–H and O–H groups in total. The highest BCUT2D eigenvalue weighted by Gasteiger charge is 2.18. The van der Waals surface area contributed by atoms with Crippen LogP contribution in [0.3, 0.4) is 0 Å². The van der Waals surface area contributed by atoms with Crippen LogP contribution in [0.5, 0.6) is 0 Å². The first-order valence-electron chi connectivity index (χ1n) is 8.34. The van der Waals surface area contributed by atoms with E-state index < -0.39 is 10.0 Å². The largest absolute Gasteiger partial charge is 0.353 e. The van der Waals surface area contributed by atoms with Crippen LogP contribution in [0.4, 0.5) is 5.13 Å². The maximum atomic E-state index is 12.3. The van der Waals surface area contributed by atoms with Crippen LogP contribution in [-0.4, -0.2) is 25.4 Å². The molecule has 0 atom stereocenters. The van der Waals surface area contributed by atoms with Gasteiger partial charge in [0.2, 0.25) is 5.91 Å². The van der Waals surface area contributed by atoms with Gasteiger partial charge in [0, 0.05) is 11.4 Å². The van der Waals surface area contributed by atoms with Crippen LogP contribution >= 0.6 is 11.3 Å². The van der Waals surface area contributed by atoms with Gasteiger partial charge < -0.3 is 5.32 Å². The Hall–Kier alpha value is -1.93. The minimum Gasteiger partial charge on any atom is -0.353 e. The molecule has 6 nitrogen and oxygen atoms in total. The minimum absolute atomic E-state index is 0.0605. The highest BCUT2D eigenvalue weighted by atomic mass is 32.2. The molecule has 1 aliphatic carbocycles. The van der Waals surface area contributed by atoms with E-state index >= 15 is 0 Å². The Morgan fingerprint density at radius 1 is 1.16 bits per heavy atom. The smallest absolute Gasteiger partial charge is 0.263 e. The molecule has 1 fully saturated rings. The third-order valence-electron chi connectivity index (χ3n) is 4.14. The van der Waals surface area contributed by atoms with Crippen molar-refractivity contribution >= 4 is 32.4 Å². The lowest BCUT2D eigenvalue weighted by Crippen LogP contribution is -2.37. The second kappa shape index (κ2) is 7.97. The molecule has 1 amide bonds. The van der Waals surface area contributed by atoms with E-state index in [-0.39, 0.29) is 28.4 Å². The first kappa shape index (κ1) is 17.9. The molecular weight excluding hydrogens is 358 g/mol. The van der Waals surface area contributed by atoms with Crippen molar-refractivity contribution in [3.8, 4) is 0 Å². The molecule has 3 rings (SSSR count). The Morgan fingerprint density at radius 3 is 2.60 bits per heavy atom. The van der Waals surface area contributed by atoms with Gasteiger partial charge in [0.15, 0.2) is 5.13 Å². The predicted octanol–water partition coefficient (Wildman–Crippen LogP) is 2.94. The summed E-state index contributed by atoms with van der Waals surface area (Å²) >= 11 is 1.18. The molecule has 1 aromatic carbocycles. The summed E-state index contributed by atoms with van der Waals surface area (Å²) in [7, 11) is -3.65. The minimum atomic E-state index is -3.65. The fourth-order valence-electron chi connectivity index (χ4n) is 2.90. The molecule has 2 aromatic rings. The number of hydrogen-bond donors (Lipinski definition) is 2. The molecule has 1 aliphatic rings. The molecule has 0 radical (unpaired) electrons. The van der Waals surface area contributed by atoms with E-state index in [0.717, 1.165) is 25.7 Å². The number of rotatable bonds is 6. The topological polar surface area (TPSA) is 88.2 Å². The summed E-state index contributed by atoms with van der Waals surface area (Å²) in [5.41, 5.74) is 0.573. The molecule has 0 bridgehead atoms. The van der Waals surface area contributed by atoms with Crippen molar-refractivity contribution in [2.75, 3.05) is 4.72 Å². The van der Waals surface area contributed by atoms with Gasteiger partial charge in [0.05, 0.1) is 17.0 Å². The number of aromatic nitrogens is 1. The van der Waals surface area contributed by atoms with Gasteiger partial charge in [-0.05, 0) is 25.0 Å². The number of sulfonamides is 1. The average Bonchev–Trinajstić information content (AvgIpc) is 3.02. The van der Waals surface area contributed by atoms with Gasteiger partial charge in [-0.2, -0.15) is 0 Å². The van der Waals surface area contributed by atoms with Crippen molar-refractivity contribution in [3.63, 3.8) is 0 Å². The number of anilines is 1. The van der Waals surface area contributed by atoms with Crippen molar-refractivity contribution in [2.24, 2.45) is 0 Å². The van der Waals surface area contributed by atoms with Gasteiger partial charge in [0.1, 0.15) is 0 Å². The average molecular weight is 380 g/mol. The highest BCUT2D eigenvalue weighted by Crippen LogP contribution is 2.21. The molecule has 0 aliphatic heterocycles. The molecular formula is C17H21N3O3S2. The zero-order valence-corrected chi connectivity index (χ0v) is 15.4. The summed E-state index contributed by atoms with van der Waals surface area (Å²) < 4.78 is 27.0. The van der Waals surface area contributed by atoms with Crippen molar-refractivity contribution in [3.05, 3.63) is 41.4 Å². The molecule has 0 unspecified atom stereocenters. The third-order valence-corrected chi connectivity index (χ3v) is 6.43. The lowest BCUT2D eigenvalue weighted by Gasteiger charge is -2.22. The number of thiazole rings is 1. The van der Waals surface area contributed by atoms with E-state index in [2.05, 4.69) is 15.0 Å². The van der Waals surface area contributed by atoms with Gasteiger partial charge in [-0.3, -0.25) is 9.52 Å². The summed E-state index contributed by atoms with van der Waals surface area (Å²) in [6, 6.07) is 8.39. The number of hydrogen-bond acceptors (Lipinski definition) is 5. The van der Waals surface area contributed by atoms with Gasteiger partial charge >= 0.3 is 0 Å². The fraction of sp³-hybridized carbons (Fsp3) is 0.412. The Bertz CT molecular complexity index is 813. The zero-order chi connectivity index (χ0) is 17.7. The van der Waals surface area contributed by atoms with Gasteiger partial charge in [0.25, 0.3) is 10.0 Å². The van der Waals surface area contributed by atoms with Crippen LogP contribution in [0.25, 0.3) is 0 Å². The summed E-state index contributed by atoms with van der Waals surface area (Å²) in [6.45, 7) is 0. The highest BCUT2D eigenvalue weighted by molar-refractivity contribution is 7.93. The first-order valence-corrected chi connectivity index (χ1v) is 10.7. The second-order valence-electron chi connectivity index (χ2n) is 6.14. The summed E-state index contributed by atoms with van der Waals surface area (Å²) in [5, 5.41) is 5.02. The van der Waals surface area contributed by atoms with Crippen molar-refractivity contribution in [1.29, 1.82) is 0 Å². The molecule has 1 heterocycles. The first-order chi connectivity index (χ1) is 12.0. The number of amides is 1. The normalized spacial score (nSPS) is 15.7. The van der Waals surface area contributed by atoms with E-state index in [1.807, 2.05) is 0 Å². The van der Waals surface area contributed by atoms with E-state index in [4.69, 9.17) is 0 Å². The fourth-order valence-corrected chi connectivity index (χ4v) is 4.88. The van der Waals surface area contributed by atoms with Crippen molar-refractivity contribution < 1.29 is 13.2 Å². The molecule has 8 heteroatoms. The molecule has 134 valence electrons. The Morgan fingerprint density at radius 2 is 1.88 bits per heavy atom. The van der Waals surface area contributed by atoms with Gasteiger partial charge in [-0.1, -0.05) is 37.5 Å². The predicted molar refractivity (Wildman–Crippen MR) is 98.1 cm³/mol. The molecule has 25 heavy (non-hydrogen) atoms. The number of benzene rings is 1. The summed E-state index contributed by atoms with van der Waals surface area (Å²) in [4.78, 5) is 16.5. The van der Waals surface area contributed by atoms with Gasteiger partial charge in [-0.15, -0.1) is 11.3 Å². The second-order valence-corrected chi connectivity index (χ2v) is 8.68. The Labute approximate surface area is 151 Å². The van der Waals surface area contributed by atoms with Crippen LogP contribution in [-0.2, 0) is 21.2 Å². The van der Waals surface area contributed by atoms with Crippen molar-refractivity contribution in [1.82, 2.24) is 10.3 Å². The maximum absolute atomic E-state index is 12.3. The Kier molecular flexibility index (Phi) is 5.70. The third kappa shape index (κ3) is 5.02.